The molecule has 0 spiro atoms. The number of carbonyl (C=O) groups excluding carboxylic acids is 1. The smallest absolute Gasteiger partial charge is 0.255 e. The van der Waals surface area contributed by atoms with E-state index in [-0.39, 0.29) is 5.91 Å². The fourth-order valence-electron chi connectivity index (χ4n) is 3.39. The highest BCUT2D eigenvalue weighted by Gasteiger charge is 2.22. The molecule has 0 saturated heterocycles. The maximum Gasteiger partial charge on any atom is 0.255 e. The van der Waals surface area contributed by atoms with E-state index in [4.69, 9.17) is 0 Å². The number of fused-ring (bicyclic) bond motifs is 1. The van der Waals surface area contributed by atoms with E-state index < -0.39 is 15.3 Å². The third kappa shape index (κ3) is 4.00. The molecule has 0 heterocycles. The van der Waals surface area contributed by atoms with E-state index in [1.165, 1.54) is 11.1 Å². The van der Waals surface area contributed by atoms with Gasteiger partial charge in [0.25, 0.3) is 5.91 Å². The summed E-state index contributed by atoms with van der Waals surface area (Å²) in [5.41, 5.74) is 5.62. The lowest BCUT2D eigenvalue weighted by Crippen LogP contribution is -2.22. The van der Waals surface area contributed by atoms with Gasteiger partial charge in [0.1, 0.15) is 0 Å². The Morgan fingerprint density at radius 2 is 1.78 bits per heavy atom. The monoisotopic (exact) mass is 386 g/mol. The van der Waals surface area contributed by atoms with Crippen LogP contribution in [0.5, 0.6) is 0 Å². The maximum atomic E-state index is 12.6. The molecule has 5 nitrogen and oxygen atoms in total. The number of benzene rings is 2. The van der Waals surface area contributed by atoms with E-state index in [2.05, 4.69) is 30.0 Å². The lowest BCUT2D eigenvalue weighted by Gasteiger charge is -2.14. The number of anilines is 2. The van der Waals surface area contributed by atoms with Crippen LogP contribution in [0.25, 0.3) is 0 Å². The Bertz CT molecular complexity index is 964. The Morgan fingerprint density at radius 3 is 2.41 bits per heavy atom. The predicted molar refractivity (Wildman–Crippen MR) is 110 cm³/mol. The molecule has 1 unspecified atom stereocenters. The van der Waals surface area contributed by atoms with Crippen LogP contribution in [-0.4, -0.2) is 19.6 Å². The van der Waals surface area contributed by atoms with Crippen LogP contribution in [0.3, 0.4) is 0 Å². The van der Waals surface area contributed by atoms with E-state index in [1.807, 2.05) is 6.07 Å². The fourth-order valence-corrected chi connectivity index (χ4v) is 4.09. The molecule has 0 bridgehead atoms. The van der Waals surface area contributed by atoms with Crippen molar-refractivity contribution in [2.24, 2.45) is 0 Å². The molecule has 1 aliphatic carbocycles. The van der Waals surface area contributed by atoms with Crippen molar-refractivity contribution in [1.82, 2.24) is 0 Å². The van der Waals surface area contributed by atoms with Crippen molar-refractivity contribution in [3.8, 4) is 0 Å². The third-order valence-electron chi connectivity index (χ3n) is 5.27. The zero-order valence-electron chi connectivity index (χ0n) is 16.2. The predicted octanol–water partition coefficient (Wildman–Crippen LogP) is 4.45. The van der Waals surface area contributed by atoms with Gasteiger partial charge in [-0.3, -0.25) is 9.52 Å². The van der Waals surface area contributed by atoms with Crippen LogP contribution in [0.2, 0.25) is 0 Å². The van der Waals surface area contributed by atoms with Crippen molar-refractivity contribution in [3.05, 3.63) is 58.7 Å². The second kappa shape index (κ2) is 7.35. The Hall–Kier alpha value is -2.34. The number of amides is 1. The molecule has 1 atom stereocenters. The quantitative estimate of drug-likeness (QED) is 0.797. The van der Waals surface area contributed by atoms with Gasteiger partial charge in [-0.05, 0) is 86.6 Å². The Morgan fingerprint density at radius 1 is 1.11 bits per heavy atom. The highest BCUT2D eigenvalue weighted by atomic mass is 32.2. The van der Waals surface area contributed by atoms with Crippen molar-refractivity contribution in [3.63, 3.8) is 0 Å². The van der Waals surface area contributed by atoms with Gasteiger partial charge in [-0.2, -0.15) is 0 Å². The summed E-state index contributed by atoms with van der Waals surface area (Å²) in [6.45, 7) is 7.52. The highest BCUT2D eigenvalue weighted by molar-refractivity contribution is 7.93. The van der Waals surface area contributed by atoms with Crippen molar-refractivity contribution >= 4 is 27.3 Å². The zero-order chi connectivity index (χ0) is 19.8. The summed E-state index contributed by atoms with van der Waals surface area (Å²) in [6.07, 6.45) is 2.21. The zero-order valence-corrected chi connectivity index (χ0v) is 17.0. The molecule has 27 heavy (non-hydrogen) atoms. The molecule has 3 rings (SSSR count). The first kappa shape index (κ1) is 19.4. The minimum absolute atomic E-state index is 0.206. The number of carbonyl (C=O) groups is 1. The maximum absolute atomic E-state index is 12.6. The van der Waals surface area contributed by atoms with Gasteiger partial charge in [-0.1, -0.05) is 13.0 Å². The van der Waals surface area contributed by atoms with Gasteiger partial charge in [-0.15, -0.1) is 0 Å². The Kier molecular flexibility index (Phi) is 5.29. The van der Waals surface area contributed by atoms with Gasteiger partial charge in [0.15, 0.2) is 0 Å². The van der Waals surface area contributed by atoms with Crippen molar-refractivity contribution in [1.29, 1.82) is 0 Å². The molecule has 0 aromatic heterocycles. The normalized spacial score (nSPS) is 16.3. The molecule has 2 N–H and O–H groups in total. The standard InChI is InChI=1S/C21H26N2O3S/c1-13(2)27(25,26)23-17-8-6-16(7-9-17)21(24)22-20-12-11-18-14(3)5-10-19(18)15(20)4/h6-9,11-14,23H,5,10H2,1-4H3,(H,22,24). The lowest BCUT2D eigenvalue weighted by molar-refractivity contribution is 0.102. The molecule has 2 aromatic rings. The molecule has 2 aromatic carbocycles. The average molecular weight is 387 g/mol. The van der Waals surface area contributed by atoms with Crippen LogP contribution in [0.15, 0.2) is 36.4 Å². The number of sulfonamides is 1. The molecule has 1 aliphatic rings. The molecule has 0 aliphatic heterocycles. The summed E-state index contributed by atoms with van der Waals surface area (Å²) in [6, 6.07) is 10.5. The summed E-state index contributed by atoms with van der Waals surface area (Å²) in [7, 11) is -3.40. The van der Waals surface area contributed by atoms with Crippen LogP contribution in [0, 0.1) is 6.92 Å². The lowest BCUT2D eigenvalue weighted by atomic mass is 9.99. The van der Waals surface area contributed by atoms with Crippen LogP contribution >= 0.6 is 0 Å². The molecule has 0 radical (unpaired) electrons. The molecular weight excluding hydrogens is 360 g/mol. The van der Waals surface area contributed by atoms with Gasteiger partial charge >= 0.3 is 0 Å². The summed E-state index contributed by atoms with van der Waals surface area (Å²) >= 11 is 0. The minimum atomic E-state index is -3.40. The van der Waals surface area contributed by atoms with Gasteiger partial charge in [0, 0.05) is 16.9 Å². The fraction of sp³-hybridized carbons (Fsp3) is 0.381. The largest absolute Gasteiger partial charge is 0.322 e. The van der Waals surface area contributed by atoms with E-state index >= 15 is 0 Å². The molecule has 6 heteroatoms. The molecule has 0 fully saturated rings. The first-order chi connectivity index (χ1) is 12.7. The van der Waals surface area contributed by atoms with Crippen molar-refractivity contribution in [2.75, 3.05) is 10.0 Å². The first-order valence-corrected chi connectivity index (χ1v) is 10.8. The average Bonchev–Trinajstić information content (AvgIpc) is 2.99. The summed E-state index contributed by atoms with van der Waals surface area (Å²) in [5.74, 6) is 0.368. The van der Waals surface area contributed by atoms with E-state index in [9.17, 15) is 13.2 Å². The Labute approximate surface area is 161 Å². The van der Waals surface area contributed by atoms with Gasteiger partial charge in [0.2, 0.25) is 10.0 Å². The van der Waals surface area contributed by atoms with Gasteiger partial charge in [-0.25, -0.2) is 8.42 Å². The summed E-state index contributed by atoms with van der Waals surface area (Å²) in [4.78, 5) is 12.6. The second-order valence-corrected chi connectivity index (χ2v) is 9.71. The van der Waals surface area contributed by atoms with Crippen LogP contribution in [0.4, 0.5) is 11.4 Å². The SMILES string of the molecule is Cc1c(NC(=O)c2ccc(NS(=O)(=O)C(C)C)cc2)ccc2c1CCC2C. The second-order valence-electron chi connectivity index (χ2n) is 7.47. The van der Waals surface area contributed by atoms with Gasteiger partial charge in [0.05, 0.1) is 5.25 Å². The third-order valence-corrected chi connectivity index (χ3v) is 7.03. The molecule has 0 saturated carbocycles. The topological polar surface area (TPSA) is 75.3 Å². The van der Waals surface area contributed by atoms with Crippen LogP contribution in [0.1, 0.15) is 60.2 Å². The minimum Gasteiger partial charge on any atom is -0.322 e. The van der Waals surface area contributed by atoms with Gasteiger partial charge < -0.3 is 5.32 Å². The van der Waals surface area contributed by atoms with Crippen LogP contribution < -0.4 is 10.0 Å². The van der Waals surface area contributed by atoms with E-state index in [1.54, 1.807) is 38.1 Å². The van der Waals surface area contributed by atoms with Crippen molar-refractivity contribution in [2.45, 2.75) is 51.7 Å². The highest BCUT2D eigenvalue weighted by Crippen LogP contribution is 2.37. The Balaban J connectivity index is 1.74. The molecular formula is C21H26N2O3S. The molecule has 1 amide bonds. The number of hydrogen-bond donors (Lipinski definition) is 2. The number of rotatable bonds is 5. The van der Waals surface area contributed by atoms with E-state index in [0.717, 1.165) is 24.1 Å². The van der Waals surface area contributed by atoms with E-state index in [0.29, 0.717) is 17.2 Å². The first-order valence-electron chi connectivity index (χ1n) is 9.24. The van der Waals surface area contributed by atoms with Crippen LogP contribution in [-0.2, 0) is 16.4 Å². The number of hydrogen-bond acceptors (Lipinski definition) is 3. The summed E-state index contributed by atoms with van der Waals surface area (Å²) in [5, 5.41) is 2.46. The number of nitrogens with one attached hydrogen (secondary N) is 2. The van der Waals surface area contributed by atoms with Crippen molar-refractivity contribution < 1.29 is 13.2 Å². The molecule has 144 valence electrons. The summed E-state index contributed by atoms with van der Waals surface area (Å²) < 4.78 is 26.4.